The zero-order valence-electron chi connectivity index (χ0n) is 53.3. The van der Waals surface area contributed by atoms with Crippen molar-refractivity contribution in [2.45, 2.75) is 335 Å². The number of carbonyl (C=O) groups is 3. The van der Waals surface area contributed by atoms with E-state index >= 15 is 0 Å². The van der Waals surface area contributed by atoms with Gasteiger partial charge in [0.15, 0.2) is 6.10 Å². The Labute approximate surface area is 501 Å². The maximum absolute atomic E-state index is 12.9. The van der Waals surface area contributed by atoms with Crippen LogP contribution in [0.5, 0.6) is 0 Å². The molecule has 0 bridgehead atoms. The number of hydrogen-bond acceptors (Lipinski definition) is 6. The minimum Gasteiger partial charge on any atom is -0.462 e. The van der Waals surface area contributed by atoms with Crippen molar-refractivity contribution >= 4 is 17.9 Å². The Morgan fingerprint density at radius 1 is 0.259 bits per heavy atom. The molecule has 464 valence electrons. The van der Waals surface area contributed by atoms with E-state index in [1.807, 2.05) is 0 Å². The summed E-state index contributed by atoms with van der Waals surface area (Å²) < 4.78 is 16.9. The molecule has 0 aliphatic carbocycles. The van der Waals surface area contributed by atoms with Crippen molar-refractivity contribution in [1.29, 1.82) is 0 Å². The third-order valence-corrected chi connectivity index (χ3v) is 14.8. The van der Waals surface area contributed by atoms with Crippen LogP contribution in [0.3, 0.4) is 0 Å². The molecule has 0 saturated heterocycles. The van der Waals surface area contributed by atoms with E-state index in [0.29, 0.717) is 19.3 Å². The summed E-state index contributed by atoms with van der Waals surface area (Å²) in [5, 5.41) is 0. The van der Waals surface area contributed by atoms with Crippen LogP contribution in [0.4, 0.5) is 0 Å². The first-order valence-corrected chi connectivity index (χ1v) is 34.4. The van der Waals surface area contributed by atoms with Crippen molar-refractivity contribution in [3.05, 3.63) is 109 Å². The van der Waals surface area contributed by atoms with Crippen molar-refractivity contribution < 1.29 is 28.6 Å². The van der Waals surface area contributed by atoms with Gasteiger partial charge in [-0.2, -0.15) is 0 Å². The largest absolute Gasteiger partial charge is 0.462 e. The molecule has 0 spiro atoms. The van der Waals surface area contributed by atoms with E-state index in [1.165, 1.54) is 167 Å². The first-order valence-electron chi connectivity index (χ1n) is 34.4. The van der Waals surface area contributed by atoms with Crippen molar-refractivity contribution in [2.75, 3.05) is 13.2 Å². The van der Waals surface area contributed by atoms with Crippen molar-refractivity contribution in [1.82, 2.24) is 0 Å². The molecule has 0 aliphatic heterocycles. The molecule has 0 N–H and O–H groups in total. The molecule has 0 aliphatic rings. The Hall–Kier alpha value is -3.93. The second-order valence-electron chi connectivity index (χ2n) is 22.7. The van der Waals surface area contributed by atoms with E-state index in [-0.39, 0.29) is 31.1 Å². The minimum absolute atomic E-state index is 0.0816. The number of esters is 3. The third kappa shape index (κ3) is 66.8. The molecule has 0 aromatic heterocycles. The SMILES string of the molecule is CC/C=C\C/C=C\C/C=C\C/C=C\C/C=C\C/C=C\C/C=C\C/C=C\CCCCCCCCCCC(=O)OCC(COC(=O)CCCCCCC/C=C\CCCCCCC)OC(=O)CCCCCCCCCCCCCCCCCC. The maximum Gasteiger partial charge on any atom is 0.306 e. The zero-order chi connectivity index (χ0) is 58.5. The molecule has 6 heteroatoms. The Kier molecular flexibility index (Phi) is 65.2. The maximum atomic E-state index is 12.9. The average Bonchev–Trinajstić information content (AvgIpc) is 3.47. The normalized spacial score (nSPS) is 12.8. The molecule has 0 fully saturated rings. The van der Waals surface area contributed by atoms with Crippen LogP contribution in [-0.2, 0) is 28.6 Å². The van der Waals surface area contributed by atoms with Gasteiger partial charge in [0.2, 0.25) is 0 Å². The lowest BCUT2D eigenvalue weighted by Gasteiger charge is -2.18. The molecule has 0 radical (unpaired) electrons. The monoisotopic (exact) mass is 1120 g/mol. The van der Waals surface area contributed by atoms with E-state index in [1.54, 1.807) is 0 Å². The molecule has 6 nitrogen and oxygen atoms in total. The van der Waals surface area contributed by atoms with Gasteiger partial charge in [0.25, 0.3) is 0 Å². The number of rotatable bonds is 62. The summed E-state index contributed by atoms with van der Waals surface area (Å²) in [6.07, 6.45) is 93.9. The molecule has 0 aromatic rings. The average molecular weight is 1130 g/mol. The van der Waals surface area contributed by atoms with Crippen molar-refractivity contribution in [3.8, 4) is 0 Å². The Balaban J connectivity index is 4.27. The van der Waals surface area contributed by atoms with Gasteiger partial charge < -0.3 is 14.2 Å². The smallest absolute Gasteiger partial charge is 0.306 e. The predicted molar refractivity (Wildman–Crippen MR) is 353 cm³/mol. The fourth-order valence-electron chi connectivity index (χ4n) is 9.63. The number of ether oxygens (including phenoxy) is 3. The highest BCUT2D eigenvalue weighted by Gasteiger charge is 2.19. The predicted octanol–water partition coefficient (Wildman–Crippen LogP) is 23.8. The van der Waals surface area contributed by atoms with Crippen LogP contribution < -0.4 is 0 Å². The highest BCUT2D eigenvalue weighted by atomic mass is 16.6. The van der Waals surface area contributed by atoms with E-state index in [4.69, 9.17) is 14.2 Å². The van der Waals surface area contributed by atoms with Gasteiger partial charge in [0.1, 0.15) is 13.2 Å². The molecule has 1 unspecified atom stereocenters. The molecule has 0 rings (SSSR count). The van der Waals surface area contributed by atoms with Gasteiger partial charge in [-0.15, -0.1) is 0 Å². The van der Waals surface area contributed by atoms with Gasteiger partial charge in [-0.3, -0.25) is 14.4 Å². The summed E-state index contributed by atoms with van der Waals surface area (Å²) in [5.74, 6) is -0.884. The standard InChI is InChI=1S/C75H128O6/c1-4-7-10-13-16-19-22-25-28-30-31-32-33-34-35-36-37-38-39-40-41-42-43-44-45-46-48-50-53-56-59-62-65-68-74(77)80-71-72(70-79-73(76)67-64-61-58-55-52-49-27-24-21-18-15-12-9-6-3)81-75(78)69-66-63-60-57-54-51-47-29-26-23-20-17-14-11-8-5-2/h7,10,16,19,24-25,27-28,31-32,34-35,37-38,40-41,43-44,72H,4-6,8-9,11-15,17-18,20-23,26,29-30,33,36,39,42,45-71H2,1-3H3/b10-7-,19-16-,27-24-,28-25-,32-31-,35-34-,38-37-,41-40-,44-43-. The highest BCUT2D eigenvalue weighted by molar-refractivity contribution is 5.71. The fourth-order valence-corrected chi connectivity index (χ4v) is 9.63. The van der Waals surface area contributed by atoms with Gasteiger partial charge in [-0.05, 0) is 109 Å². The van der Waals surface area contributed by atoms with E-state index in [0.717, 1.165) is 122 Å². The molecule has 81 heavy (non-hydrogen) atoms. The lowest BCUT2D eigenvalue weighted by Crippen LogP contribution is -2.30. The second-order valence-corrected chi connectivity index (χ2v) is 22.7. The number of allylic oxidation sites excluding steroid dienone is 18. The molecular formula is C75H128O6. The van der Waals surface area contributed by atoms with Crippen LogP contribution in [-0.4, -0.2) is 37.2 Å². The molecule has 1 atom stereocenters. The topological polar surface area (TPSA) is 78.9 Å². The van der Waals surface area contributed by atoms with Crippen LogP contribution in [0.15, 0.2) is 109 Å². The van der Waals surface area contributed by atoms with Crippen LogP contribution >= 0.6 is 0 Å². The Morgan fingerprint density at radius 3 is 0.765 bits per heavy atom. The molecule has 0 heterocycles. The lowest BCUT2D eigenvalue weighted by atomic mass is 10.0. The van der Waals surface area contributed by atoms with Gasteiger partial charge in [-0.1, -0.05) is 310 Å². The summed E-state index contributed by atoms with van der Waals surface area (Å²) in [6.45, 7) is 6.54. The number of hydrogen-bond donors (Lipinski definition) is 0. The van der Waals surface area contributed by atoms with Gasteiger partial charge in [-0.25, -0.2) is 0 Å². The Bertz CT molecular complexity index is 1620. The van der Waals surface area contributed by atoms with Gasteiger partial charge >= 0.3 is 17.9 Å². The fraction of sp³-hybridized carbons (Fsp3) is 0.720. The van der Waals surface area contributed by atoms with Crippen molar-refractivity contribution in [3.63, 3.8) is 0 Å². The van der Waals surface area contributed by atoms with Crippen LogP contribution in [0.1, 0.15) is 329 Å². The number of carbonyl (C=O) groups excluding carboxylic acids is 3. The summed E-state index contributed by atoms with van der Waals surface area (Å²) >= 11 is 0. The Morgan fingerprint density at radius 2 is 0.481 bits per heavy atom. The molecular weight excluding hydrogens is 997 g/mol. The summed E-state index contributed by atoms with van der Waals surface area (Å²) in [4.78, 5) is 38.4. The van der Waals surface area contributed by atoms with Crippen molar-refractivity contribution in [2.24, 2.45) is 0 Å². The van der Waals surface area contributed by atoms with Crippen LogP contribution in [0, 0.1) is 0 Å². The van der Waals surface area contributed by atoms with E-state index in [9.17, 15) is 14.4 Å². The van der Waals surface area contributed by atoms with Gasteiger partial charge in [0.05, 0.1) is 0 Å². The highest BCUT2D eigenvalue weighted by Crippen LogP contribution is 2.17. The first-order chi connectivity index (χ1) is 40.0. The lowest BCUT2D eigenvalue weighted by molar-refractivity contribution is -0.167. The number of unbranched alkanes of at least 4 members (excludes halogenated alkanes) is 33. The third-order valence-electron chi connectivity index (χ3n) is 14.8. The summed E-state index contributed by atoms with van der Waals surface area (Å²) in [7, 11) is 0. The van der Waals surface area contributed by atoms with Crippen LogP contribution in [0.2, 0.25) is 0 Å². The first kappa shape index (κ1) is 77.1. The molecule has 0 saturated carbocycles. The van der Waals surface area contributed by atoms with E-state index in [2.05, 4.69) is 130 Å². The van der Waals surface area contributed by atoms with Crippen LogP contribution in [0.25, 0.3) is 0 Å². The quantitative estimate of drug-likeness (QED) is 0.0261. The summed E-state index contributed by atoms with van der Waals surface area (Å²) in [5.41, 5.74) is 0. The molecule has 0 aromatic carbocycles. The second kappa shape index (κ2) is 68.6. The minimum atomic E-state index is -0.784. The van der Waals surface area contributed by atoms with Gasteiger partial charge in [0, 0.05) is 19.3 Å². The zero-order valence-corrected chi connectivity index (χ0v) is 53.3. The molecule has 0 amide bonds. The van der Waals surface area contributed by atoms with E-state index < -0.39 is 6.10 Å². The summed E-state index contributed by atoms with van der Waals surface area (Å²) in [6, 6.07) is 0.